The zero-order chi connectivity index (χ0) is 32.4. The Bertz CT molecular complexity index is 1340. The van der Waals surface area contributed by atoms with Crippen LogP contribution >= 0.6 is 0 Å². The predicted molar refractivity (Wildman–Crippen MR) is 181 cm³/mol. The molecule has 2 aromatic carbocycles. The molecule has 0 amide bonds. The van der Waals surface area contributed by atoms with Gasteiger partial charge in [0.25, 0.3) is 0 Å². The molecule has 6 nitrogen and oxygen atoms in total. The van der Waals surface area contributed by atoms with Crippen LogP contribution in [-0.4, -0.2) is 38.0 Å². The minimum Gasteiger partial charge on any atom is -0.380 e. The summed E-state index contributed by atoms with van der Waals surface area (Å²) < 4.78 is 13.0. The number of benzene rings is 2. The van der Waals surface area contributed by atoms with Crippen molar-refractivity contribution >= 4 is 23.9 Å². The second-order valence-electron chi connectivity index (χ2n) is 9.59. The molecule has 0 aliphatic heterocycles. The molecule has 228 valence electrons. The lowest BCUT2D eigenvalue weighted by molar-refractivity contribution is 0.112. The number of aldehydes is 1. The Hall–Kier alpha value is -4.13. The van der Waals surface area contributed by atoms with Gasteiger partial charge in [-0.25, -0.2) is 4.39 Å². The largest absolute Gasteiger partial charge is 0.380 e. The van der Waals surface area contributed by atoms with Gasteiger partial charge in [0, 0.05) is 55.6 Å². The first-order valence-electron chi connectivity index (χ1n) is 14.1. The summed E-state index contributed by atoms with van der Waals surface area (Å²) in [5, 5.41) is 6.54. The highest BCUT2D eigenvalue weighted by molar-refractivity contribution is 5.98. The Morgan fingerprint density at radius 3 is 2.17 bits per heavy atom. The number of allylic oxidation sites excluding steroid dienone is 4. The molecule has 7 heteroatoms. The lowest BCUT2D eigenvalue weighted by Crippen LogP contribution is -2.22. The molecular weight excluding hydrogens is 525 g/mol. The van der Waals surface area contributed by atoms with Crippen LogP contribution in [0.1, 0.15) is 85.8 Å². The number of hydrogen-bond donors (Lipinski definition) is 2. The molecule has 0 aromatic heterocycles. The van der Waals surface area contributed by atoms with E-state index in [1.54, 1.807) is 33.3 Å². The minimum atomic E-state index is -0.172. The Balaban J connectivity index is 0.000000809. The first kappa shape index (κ1) is 37.9. The van der Waals surface area contributed by atoms with Gasteiger partial charge in [0.15, 0.2) is 0 Å². The summed E-state index contributed by atoms with van der Waals surface area (Å²) in [5.41, 5.74) is 9.87. The summed E-state index contributed by atoms with van der Waals surface area (Å²) in [6, 6.07) is 9.00. The number of halogens is 1. The van der Waals surface area contributed by atoms with Gasteiger partial charge in [0.1, 0.15) is 12.1 Å². The van der Waals surface area contributed by atoms with Crippen LogP contribution in [0.15, 0.2) is 81.6 Å². The fourth-order valence-electron chi connectivity index (χ4n) is 3.74. The number of aryl methyl sites for hydroxylation is 1. The summed E-state index contributed by atoms with van der Waals surface area (Å²) in [7, 11) is 3.45. The maximum Gasteiger partial charge on any atom is 0.150 e. The van der Waals surface area contributed by atoms with Crippen molar-refractivity contribution in [1.29, 1.82) is 0 Å². The second-order valence-corrected chi connectivity index (χ2v) is 9.59. The van der Waals surface area contributed by atoms with Gasteiger partial charge in [-0.05, 0) is 88.4 Å². The third-order valence-electron chi connectivity index (χ3n) is 6.60. The average molecular weight is 576 g/mol. The van der Waals surface area contributed by atoms with E-state index < -0.39 is 0 Å². The Kier molecular flexibility index (Phi) is 17.9. The lowest BCUT2D eigenvalue weighted by Gasteiger charge is -2.21. The SMILES string of the molecule is C=C(NC(C)c1ccc(C=O)c(C)c1C)C(C)=N/C(C)=C/C=NC.C=C(NCc1ccc(F)c(C)c1)C(C)=NC.CC. The van der Waals surface area contributed by atoms with E-state index in [-0.39, 0.29) is 11.9 Å². The van der Waals surface area contributed by atoms with Crippen LogP contribution in [0, 0.1) is 26.6 Å². The number of hydrogen-bond acceptors (Lipinski definition) is 6. The molecule has 42 heavy (non-hydrogen) atoms. The van der Waals surface area contributed by atoms with E-state index in [4.69, 9.17) is 0 Å². The van der Waals surface area contributed by atoms with E-state index in [1.807, 2.05) is 72.7 Å². The summed E-state index contributed by atoms with van der Waals surface area (Å²) in [6.07, 6.45) is 4.46. The van der Waals surface area contributed by atoms with Crippen molar-refractivity contribution in [2.24, 2.45) is 15.0 Å². The average Bonchev–Trinajstić information content (AvgIpc) is 2.98. The minimum absolute atomic E-state index is 0.0727. The van der Waals surface area contributed by atoms with Gasteiger partial charge >= 0.3 is 0 Å². The van der Waals surface area contributed by atoms with Crippen LogP contribution in [0.4, 0.5) is 4.39 Å². The molecule has 0 spiro atoms. The Morgan fingerprint density at radius 2 is 1.62 bits per heavy atom. The van der Waals surface area contributed by atoms with Crippen LogP contribution in [0.2, 0.25) is 0 Å². The van der Waals surface area contributed by atoms with Crippen LogP contribution in [0.5, 0.6) is 0 Å². The number of carbonyl (C=O) groups is 1. The number of carbonyl (C=O) groups excluding carboxylic acids is 1. The van der Waals surface area contributed by atoms with Gasteiger partial charge in [0.05, 0.1) is 11.4 Å². The molecule has 1 atom stereocenters. The molecule has 1 unspecified atom stereocenters. The van der Waals surface area contributed by atoms with E-state index in [0.717, 1.165) is 62.6 Å². The van der Waals surface area contributed by atoms with Gasteiger partial charge in [-0.1, -0.05) is 51.3 Å². The predicted octanol–water partition coefficient (Wildman–Crippen LogP) is 8.20. The van der Waals surface area contributed by atoms with Crippen LogP contribution in [0.3, 0.4) is 0 Å². The van der Waals surface area contributed by atoms with E-state index in [9.17, 15) is 9.18 Å². The van der Waals surface area contributed by atoms with Crippen LogP contribution < -0.4 is 10.6 Å². The number of nitrogens with one attached hydrogen (secondary N) is 2. The molecule has 0 saturated heterocycles. The third kappa shape index (κ3) is 12.6. The molecule has 2 rings (SSSR count). The molecule has 0 aliphatic carbocycles. The molecular formula is C35H50FN5O. The highest BCUT2D eigenvalue weighted by atomic mass is 19.1. The Morgan fingerprint density at radius 1 is 0.976 bits per heavy atom. The smallest absolute Gasteiger partial charge is 0.150 e. The zero-order valence-electron chi connectivity index (χ0n) is 27.4. The summed E-state index contributed by atoms with van der Waals surface area (Å²) in [5.74, 6) is -0.172. The molecule has 2 N–H and O–H groups in total. The zero-order valence-corrected chi connectivity index (χ0v) is 27.4. The number of nitrogens with zero attached hydrogens (tertiary/aromatic N) is 3. The van der Waals surface area contributed by atoms with E-state index in [0.29, 0.717) is 12.1 Å². The molecule has 2 aromatic rings. The van der Waals surface area contributed by atoms with Crippen LogP contribution in [-0.2, 0) is 6.54 Å². The third-order valence-corrected chi connectivity index (χ3v) is 6.60. The summed E-state index contributed by atoms with van der Waals surface area (Å²) >= 11 is 0. The van der Waals surface area contributed by atoms with E-state index in [2.05, 4.69) is 45.7 Å². The van der Waals surface area contributed by atoms with Crippen molar-refractivity contribution in [3.05, 3.63) is 106 Å². The first-order valence-corrected chi connectivity index (χ1v) is 14.1. The lowest BCUT2D eigenvalue weighted by atomic mass is 9.94. The standard InChI is InChI=1S/C20H27N3O.C13H17FN2.C2H6/c1-13(10-11-21-7)22-16(4)17(5)23-18(6)20-9-8-19(12-24)14(2)15(20)3;1-9-7-12(5-6-13(9)14)8-16-11(3)10(2)15-4;1-2/h8-12,18,23H,5H2,1-4,6-7H3;5-7,16H,3,8H2,1-2,4H3;1-2H3/b13-10+,21-11?,22-16?;;. The first-order chi connectivity index (χ1) is 19.9. The Labute approximate surface area is 253 Å². The maximum atomic E-state index is 13.0. The van der Waals surface area contributed by atoms with Crippen molar-refractivity contribution in [1.82, 2.24) is 10.6 Å². The highest BCUT2D eigenvalue weighted by Gasteiger charge is 2.13. The molecule has 0 bridgehead atoms. The van der Waals surface area contributed by atoms with Gasteiger partial charge in [0.2, 0.25) is 0 Å². The molecule has 0 radical (unpaired) electrons. The van der Waals surface area contributed by atoms with Gasteiger partial charge in [-0.3, -0.25) is 19.8 Å². The van der Waals surface area contributed by atoms with E-state index in [1.165, 1.54) is 6.07 Å². The molecule has 0 fully saturated rings. The van der Waals surface area contributed by atoms with Gasteiger partial charge in [-0.15, -0.1) is 0 Å². The normalized spacial score (nSPS) is 12.4. The van der Waals surface area contributed by atoms with E-state index >= 15 is 0 Å². The topological polar surface area (TPSA) is 78.2 Å². The molecule has 0 heterocycles. The molecule has 0 saturated carbocycles. The van der Waals surface area contributed by atoms with Crippen molar-refractivity contribution in [2.45, 2.75) is 74.9 Å². The van der Waals surface area contributed by atoms with Crippen molar-refractivity contribution in [3.63, 3.8) is 0 Å². The fourth-order valence-corrected chi connectivity index (χ4v) is 3.74. The second kappa shape index (κ2) is 19.9. The van der Waals surface area contributed by atoms with Crippen molar-refractivity contribution in [2.75, 3.05) is 14.1 Å². The molecule has 0 aliphatic rings. The van der Waals surface area contributed by atoms with Gasteiger partial charge in [-0.2, -0.15) is 0 Å². The van der Waals surface area contributed by atoms with Crippen LogP contribution in [0.25, 0.3) is 0 Å². The number of rotatable bonds is 11. The summed E-state index contributed by atoms with van der Waals surface area (Å²) in [4.78, 5) is 23.5. The quantitative estimate of drug-likeness (QED) is 0.209. The van der Waals surface area contributed by atoms with Gasteiger partial charge < -0.3 is 10.6 Å². The monoisotopic (exact) mass is 575 g/mol. The fraction of sp³-hybridized carbons (Fsp3) is 0.371. The maximum absolute atomic E-state index is 13.0. The summed E-state index contributed by atoms with van der Waals surface area (Å²) in [6.45, 7) is 26.2. The van der Waals surface area contributed by atoms with Crippen molar-refractivity contribution in [3.8, 4) is 0 Å². The number of aliphatic imine (C=N–C) groups is 3. The highest BCUT2D eigenvalue weighted by Crippen LogP contribution is 2.23. The van der Waals surface area contributed by atoms with Crippen molar-refractivity contribution < 1.29 is 9.18 Å².